The number of pyridine rings is 1. The third-order valence-electron chi connectivity index (χ3n) is 5.26. The van der Waals surface area contributed by atoms with Crippen molar-refractivity contribution in [1.82, 2.24) is 19.6 Å². The molecule has 3 atom stereocenters. The maximum absolute atomic E-state index is 14.5. The molecule has 8 heteroatoms. The van der Waals surface area contributed by atoms with Crippen LogP contribution in [0.1, 0.15) is 30.8 Å². The number of nitrogens with zero attached hydrogens (tertiary/aromatic N) is 3. The number of nitrogens with one attached hydrogen (secondary N) is 1. The molecule has 0 saturated carbocycles. The van der Waals surface area contributed by atoms with E-state index in [1.54, 1.807) is 12.1 Å². The summed E-state index contributed by atoms with van der Waals surface area (Å²) >= 11 is 5.89. The molecule has 0 aliphatic carbocycles. The molecule has 1 amide bonds. The van der Waals surface area contributed by atoms with Crippen molar-refractivity contribution in [1.29, 1.82) is 0 Å². The molecule has 26 heavy (non-hydrogen) atoms. The monoisotopic (exact) mass is 380 g/mol. The topological polar surface area (TPSA) is 58.9 Å². The van der Waals surface area contributed by atoms with Crippen LogP contribution in [0.3, 0.4) is 0 Å². The molecule has 2 fully saturated rings. The normalized spacial score (nSPS) is 26.4. The number of carbonyl (C=O) groups excluding carboxylic acids is 1. The van der Waals surface area contributed by atoms with Crippen molar-refractivity contribution in [2.45, 2.75) is 38.5 Å². The number of aromatic nitrogens is 2. The van der Waals surface area contributed by atoms with Crippen LogP contribution in [0.4, 0.5) is 4.39 Å². The molecule has 4 rings (SSSR count). The van der Waals surface area contributed by atoms with Crippen LogP contribution in [-0.4, -0.2) is 58.1 Å². The maximum Gasteiger partial charge on any atom is 0.274 e. The minimum atomic E-state index is -0.695. The van der Waals surface area contributed by atoms with Gasteiger partial charge in [0, 0.05) is 31.4 Å². The molecule has 2 aromatic rings. The molecular weight excluding hydrogens is 359 g/mol. The van der Waals surface area contributed by atoms with E-state index >= 15 is 0 Å². The highest BCUT2D eigenvalue weighted by molar-refractivity contribution is 6.30. The second-order valence-electron chi connectivity index (χ2n) is 7.46. The fraction of sp³-hybridized carbons (Fsp3) is 0.556. The number of hydrogen-bond donors (Lipinski definition) is 1. The number of rotatable bonds is 3. The van der Waals surface area contributed by atoms with Gasteiger partial charge in [0.25, 0.3) is 5.91 Å². The third kappa shape index (κ3) is 3.19. The van der Waals surface area contributed by atoms with Gasteiger partial charge >= 0.3 is 0 Å². The van der Waals surface area contributed by atoms with E-state index < -0.39 is 11.9 Å². The van der Waals surface area contributed by atoms with Crippen molar-refractivity contribution in [2.24, 2.45) is 5.92 Å². The summed E-state index contributed by atoms with van der Waals surface area (Å²) in [6, 6.07) is 3.47. The Hall–Kier alpha value is -1.70. The van der Waals surface area contributed by atoms with Gasteiger partial charge in [0.15, 0.2) is 5.69 Å². The van der Waals surface area contributed by atoms with Crippen molar-refractivity contribution in [3.8, 4) is 0 Å². The predicted octanol–water partition coefficient (Wildman–Crippen LogP) is 2.35. The van der Waals surface area contributed by atoms with Crippen molar-refractivity contribution in [3.63, 3.8) is 0 Å². The van der Waals surface area contributed by atoms with E-state index in [0.717, 1.165) is 19.5 Å². The van der Waals surface area contributed by atoms with Crippen LogP contribution in [0.5, 0.6) is 0 Å². The number of amides is 1. The zero-order valence-corrected chi connectivity index (χ0v) is 15.5. The zero-order chi connectivity index (χ0) is 18.4. The highest BCUT2D eigenvalue weighted by Gasteiger charge is 2.39. The van der Waals surface area contributed by atoms with E-state index in [4.69, 9.17) is 16.3 Å². The molecule has 6 nitrogen and oxygen atoms in total. The van der Waals surface area contributed by atoms with Crippen molar-refractivity contribution in [2.75, 3.05) is 19.7 Å². The van der Waals surface area contributed by atoms with Gasteiger partial charge in [-0.3, -0.25) is 14.1 Å². The van der Waals surface area contributed by atoms with E-state index in [1.165, 1.54) is 10.6 Å². The van der Waals surface area contributed by atoms with E-state index in [9.17, 15) is 9.18 Å². The Morgan fingerprint density at radius 3 is 3.00 bits per heavy atom. The SMILES string of the molecule is CC(C)[C@@H]1CN2C[C@@H](NC(=O)c3nc4ccc(Cl)cn4c3F)C[C@H]2CO1. The Bertz CT molecular complexity index is 840. The van der Waals surface area contributed by atoms with Crippen molar-refractivity contribution in [3.05, 3.63) is 35.0 Å². The Morgan fingerprint density at radius 2 is 2.23 bits per heavy atom. The van der Waals surface area contributed by atoms with Gasteiger partial charge in [-0.1, -0.05) is 25.4 Å². The number of imidazole rings is 1. The van der Waals surface area contributed by atoms with E-state index in [-0.39, 0.29) is 17.8 Å². The van der Waals surface area contributed by atoms with Crippen LogP contribution in [0.25, 0.3) is 5.65 Å². The standard InChI is InChI=1S/C18H22ClFN4O2/c1-10(2)14-8-23-7-12(5-13(23)9-26-14)21-18(25)16-17(20)24-6-11(19)3-4-15(24)22-16/h3-4,6,10,12-14H,5,7-9H2,1-2H3,(H,21,25)/t12-,13-,14-/m0/s1. The molecule has 1 N–H and O–H groups in total. The molecule has 2 aliphatic rings. The number of fused-ring (bicyclic) bond motifs is 2. The first-order valence-electron chi connectivity index (χ1n) is 8.92. The first-order chi connectivity index (χ1) is 12.4. The second kappa shape index (κ2) is 6.79. The molecule has 0 unspecified atom stereocenters. The fourth-order valence-electron chi connectivity index (χ4n) is 3.80. The summed E-state index contributed by atoms with van der Waals surface area (Å²) in [5, 5.41) is 3.31. The van der Waals surface area contributed by atoms with Gasteiger partial charge in [-0.25, -0.2) is 4.98 Å². The van der Waals surface area contributed by atoms with Crippen LogP contribution in [0.15, 0.2) is 18.3 Å². The number of hydrogen-bond acceptors (Lipinski definition) is 4. The van der Waals surface area contributed by atoms with Gasteiger partial charge < -0.3 is 10.1 Å². The number of halogens is 2. The highest BCUT2D eigenvalue weighted by atomic mass is 35.5. The first kappa shape index (κ1) is 17.7. The number of morpholine rings is 1. The molecule has 140 valence electrons. The summed E-state index contributed by atoms with van der Waals surface area (Å²) in [5.74, 6) is -0.726. The molecule has 4 heterocycles. The molecule has 2 saturated heterocycles. The van der Waals surface area contributed by atoms with Crippen molar-refractivity contribution < 1.29 is 13.9 Å². The number of ether oxygens (including phenoxy) is 1. The predicted molar refractivity (Wildman–Crippen MR) is 96.0 cm³/mol. The van der Waals surface area contributed by atoms with Gasteiger partial charge in [0.1, 0.15) is 5.65 Å². The van der Waals surface area contributed by atoms with Gasteiger partial charge in [-0.2, -0.15) is 4.39 Å². The minimum Gasteiger partial charge on any atom is -0.375 e. The molecule has 2 aromatic heterocycles. The maximum atomic E-state index is 14.5. The lowest BCUT2D eigenvalue weighted by Gasteiger charge is -2.36. The lowest BCUT2D eigenvalue weighted by Crippen LogP contribution is -2.48. The number of carbonyl (C=O) groups is 1. The third-order valence-corrected chi connectivity index (χ3v) is 5.49. The molecule has 0 bridgehead atoms. The zero-order valence-electron chi connectivity index (χ0n) is 14.8. The smallest absolute Gasteiger partial charge is 0.274 e. The highest BCUT2D eigenvalue weighted by Crippen LogP contribution is 2.26. The van der Waals surface area contributed by atoms with E-state index in [1.807, 2.05) is 0 Å². The summed E-state index contributed by atoms with van der Waals surface area (Å²) in [5.41, 5.74) is 0.155. The van der Waals surface area contributed by atoms with Gasteiger partial charge in [0.2, 0.25) is 5.95 Å². The lowest BCUT2D eigenvalue weighted by molar-refractivity contribution is -0.0683. The Balaban J connectivity index is 1.45. The van der Waals surface area contributed by atoms with Crippen molar-refractivity contribution >= 4 is 23.2 Å². The summed E-state index contributed by atoms with van der Waals surface area (Å²) in [7, 11) is 0. The molecule has 0 spiro atoms. The first-order valence-corrected chi connectivity index (χ1v) is 9.30. The quantitative estimate of drug-likeness (QED) is 0.888. The van der Waals surface area contributed by atoms with Gasteiger partial charge in [0.05, 0.1) is 17.7 Å². The molecule has 0 aromatic carbocycles. The largest absolute Gasteiger partial charge is 0.375 e. The molecule has 2 aliphatic heterocycles. The van der Waals surface area contributed by atoms with Gasteiger partial charge in [-0.15, -0.1) is 0 Å². The lowest BCUT2D eigenvalue weighted by atomic mass is 10.0. The summed E-state index contributed by atoms with van der Waals surface area (Å²) < 4.78 is 21.6. The molecule has 0 radical (unpaired) electrons. The van der Waals surface area contributed by atoms with Gasteiger partial charge in [-0.05, 0) is 24.5 Å². The summed E-state index contributed by atoms with van der Waals surface area (Å²) in [6.45, 7) is 6.60. The second-order valence-corrected chi connectivity index (χ2v) is 7.89. The van der Waals surface area contributed by atoms with Crippen LogP contribution in [0.2, 0.25) is 5.02 Å². The summed E-state index contributed by atoms with van der Waals surface area (Å²) in [6.07, 6.45) is 2.44. The Labute approximate surface area is 156 Å². The Morgan fingerprint density at radius 1 is 1.42 bits per heavy atom. The summed E-state index contributed by atoms with van der Waals surface area (Å²) in [4.78, 5) is 19.0. The minimum absolute atomic E-state index is 0.0326. The van der Waals surface area contributed by atoms with E-state index in [2.05, 4.69) is 29.0 Å². The van der Waals surface area contributed by atoms with Crippen LogP contribution in [0, 0.1) is 11.9 Å². The van der Waals surface area contributed by atoms with E-state index in [0.29, 0.717) is 29.2 Å². The fourth-order valence-corrected chi connectivity index (χ4v) is 3.96. The molecular formula is C18H22ClFN4O2. The Kier molecular flexibility index (Phi) is 4.62. The van der Waals surface area contributed by atoms with Crippen LogP contribution >= 0.6 is 11.6 Å². The van der Waals surface area contributed by atoms with Crippen LogP contribution < -0.4 is 5.32 Å². The average Bonchev–Trinajstić information content (AvgIpc) is 3.14. The average molecular weight is 381 g/mol. The van der Waals surface area contributed by atoms with Crippen LogP contribution in [-0.2, 0) is 4.74 Å².